The van der Waals surface area contributed by atoms with E-state index >= 15 is 0 Å². The van der Waals surface area contributed by atoms with Crippen molar-refractivity contribution in [3.8, 4) is 11.8 Å². The first-order valence-corrected chi connectivity index (χ1v) is 9.41. The van der Waals surface area contributed by atoms with E-state index in [1.165, 1.54) is 12.4 Å². The second kappa shape index (κ2) is 9.21. The summed E-state index contributed by atoms with van der Waals surface area (Å²) in [5.74, 6) is 0.914. The van der Waals surface area contributed by atoms with Gasteiger partial charge in [0.2, 0.25) is 5.95 Å². The zero-order valence-corrected chi connectivity index (χ0v) is 16.6. The summed E-state index contributed by atoms with van der Waals surface area (Å²) in [5.41, 5.74) is 7.45. The normalized spacial score (nSPS) is 15.9. The lowest BCUT2D eigenvalue weighted by Crippen LogP contribution is -2.32. The quantitative estimate of drug-likeness (QED) is 0.671. The maximum Gasteiger partial charge on any atom is 0.254 e. The van der Waals surface area contributed by atoms with Crippen LogP contribution in [0.2, 0.25) is 0 Å². The molecule has 1 amide bonds. The van der Waals surface area contributed by atoms with Gasteiger partial charge in [0.15, 0.2) is 0 Å². The van der Waals surface area contributed by atoms with Crippen LogP contribution in [0.1, 0.15) is 22.3 Å². The van der Waals surface area contributed by atoms with Gasteiger partial charge in [0.25, 0.3) is 5.91 Å². The first-order valence-electron chi connectivity index (χ1n) is 9.41. The molecule has 9 nitrogen and oxygen atoms in total. The van der Waals surface area contributed by atoms with E-state index in [1.54, 1.807) is 23.1 Å². The Morgan fingerprint density at radius 3 is 2.86 bits per heavy atom. The van der Waals surface area contributed by atoms with Crippen molar-refractivity contribution in [2.75, 3.05) is 51.4 Å². The highest BCUT2D eigenvalue weighted by Crippen LogP contribution is 2.25. The molecule has 3 rings (SSSR count). The van der Waals surface area contributed by atoms with E-state index in [9.17, 15) is 4.79 Å². The van der Waals surface area contributed by atoms with Gasteiger partial charge in [-0.2, -0.15) is 5.26 Å². The Kier molecular flexibility index (Phi) is 6.46. The molecule has 1 atom stereocenters. The minimum absolute atomic E-state index is 0.0523. The van der Waals surface area contributed by atoms with E-state index in [1.807, 2.05) is 25.1 Å². The first kappa shape index (κ1) is 20.4. The van der Waals surface area contributed by atoms with Crippen LogP contribution >= 0.6 is 0 Å². The number of benzene rings is 1. The number of likely N-dealkylation sites (tertiary alicyclic amines) is 1. The average Bonchev–Trinajstić information content (AvgIpc) is 3.17. The highest BCUT2D eigenvalue weighted by Gasteiger charge is 2.27. The predicted octanol–water partition coefficient (Wildman–Crippen LogP) is 1.20. The van der Waals surface area contributed by atoms with Crippen LogP contribution in [0.3, 0.4) is 0 Å². The summed E-state index contributed by atoms with van der Waals surface area (Å²) in [6.07, 6.45) is 3.73. The van der Waals surface area contributed by atoms with Gasteiger partial charge in [-0.05, 0) is 38.7 Å². The van der Waals surface area contributed by atoms with Gasteiger partial charge in [-0.15, -0.1) is 0 Å². The molecule has 152 valence electrons. The monoisotopic (exact) mass is 395 g/mol. The van der Waals surface area contributed by atoms with Crippen LogP contribution in [0.25, 0.3) is 0 Å². The highest BCUT2D eigenvalue weighted by molar-refractivity contribution is 5.95. The third-order valence-corrected chi connectivity index (χ3v) is 4.65. The molecule has 0 radical (unpaired) electrons. The van der Waals surface area contributed by atoms with Crippen molar-refractivity contribution in [2.45, 2.75) is 12.5 Å². The molecule has 2 aromatic rings. The van der Waals surface area contributed by atoms with Crippen LogP contribution in [0.5, 0.6) is 5.75 Å². The molecular formula is C20H25N7O2. The molecule has 2 heterocycles. The zero-order valence-electron chi connectivity index (χ0n) is 16.6. The van der Waals surface area contributed by atoms with Crippen molar-refractivity contribution < 1.29 is 9.53 Å². The highest BCUT2D eigenvalue weighted by atomic mass is 16.5. The van der Waals surface area contributed by atoms with E-state index in [4.69, 9.17) is 15.7 Å². The van der Waals surface area contributed by atoms with Crippen LogP contribution in [-0.2, 0) is 0 Å². The van der Waals surface area contributed by atoms with Gasteiger partial charge < -0.3 is 25.6 Å². The van der Waals surface area contributed by atoms with Crippen LogP contribution in [0.4, 0.5) is 11.6 Å². The number of likely N-dealkylation sites (N-methyl/N-ethyl adjacent to an activating group) is 1. The predicted molar refractivity (Wildman–Crippen MR) is 110 cm³/mol. The number of nitrogens with two attached hydrogens (primary N) is 1. The fraction of sp³-hybridized carbons (Fsp3) is 0.400. The number of hydrogen-bond donors (Lipinski definition) is 2. The molecule has 29 heavy (non-hydrogen) atoms. The number of aromatic nitrogens is 2. The SMILES string of the molecule is CN(C)CCOc1cc(C(=O)N2CC[C@@H](Nc3ncc(C#N)cn3)C2)ccc1N. The van der Waals surface area contributed by atoms with Gasteiger partial charge in [-0.25, -0.2) is 9.97 Å². The molecule has 0 unspecified atom stereocenters. The van der Waals surface area contributed by atoms with E-state index in [0.29, 0.717) is 48.2 Å². The second-order valence-electron chi connectivity index (χ2n) is 7.19. The summed E-state index contributed by atoms with van der Waals surface area (Å²) in [4.78, 5) is 24.9. The van der Waals surface area contributed by atoms with Gasteiger partial charge in [-0.3, -0.25) is 4.79 Å². The van der Waals surface area contributed by atoms with Crippen molar-refractivity contribution in [2.24, 2.45) is 0 Å². The number of nitrogen functional groups attached to an aromatic ring is 1. The molecular weight excluding hydrogens is 370 g/mol. The fourth-order valence-corrected chi connectivity index (χ4v) is 3.02. The average molecular weight is 395 g/mol. The molecule has 1 fully saturated rings. The number of nitriles is 1. The van der Waals surface area contributed by atoms with Crippen molar-refractivity contribution >= 4 is 17.5 Å². The molecule has 3 N–H and O–H groups in total. The number of nitrogens with zero attached hydrogens (tertiary/aromatic N) is 5. The third-order valence-electron chi connectivity index (χ3n) is 4.65. The Labute approximate surface area is 170 Å². The molecule has 1 aliphatic heterocycles. The second-order valence-corrected chi connectivity index (χ2v) is 7.19. The largest absolute Gasteiger partial charge is 0.490 e. The Morgan fingerprint density at radius 1 is 1.41 bits per heavy atom. The van der Waals surface area contributed by atoms with Crippen LogP contribution < -0.4 is 15.8 Å². The van der Waals surface area contributed by atoms with E-state index in [0.717, 1.165) is 13.0 Å². The maximum absolute atomic E-state index is 12.9. The van der Waals surface area contributed by atoms with E-state index in [-0.39, 0.29) is 11.9 Å². The Balaban J connectivity index is 1.59. The minimum Gasteiger partial charge on any atom is -0.490 e. The lowest BCUT2D eigenvalue weighted by atomic mass is 10.1. The fourth-order valence-electron chi connectivity index (χ4n) is 3.02. The maximum atomic E-state index is 12.9. The smallest absolute Gasteiger partial charge is 0.254 e. The molecule has 1 aliphatic rings. The molecule has 0 spiro atoms. The van der Waals surface area contributed by atoms with Gasteiger partial charge in [0, 0.05) is 31.2 Å². The van der Waals surface area contributed by atoms with Crippen LogP contribution in [-0.4, -0.2) is 72.1 Å². The summed E-state index contributed by atoms with van der Waals surface area (Å²) in [6, 6.07) is 7.17. The number of amides is 1. The number of carbonyl (C=O) groups excluding carboxylic acids is 1. The van der Waals surface area contributed by atoms with E-state index in [2.05, 4.69) is 15.3 Å². The number of hydrogen-bond acceptors (Lipinski definition) is 8. The Bertz CT molecular complexity index is 893. The number of carbonyl (C=O) groups is 1. The summed E-state index contributed by atoms with van der Waals surface area (Å²) < 4.78 is 5.73. The Morgan fingerprint density at radius 2 is 2.17 bits per heavy atom. The topological polar surface area (TPSA) is 120 Å². The van der Waals surface area contributed by atoms with Crippen molar-refractivity contribution in [3.05, 3.63) is 41.7 Å². The zero-order chi connectivity index (χ0) is 20.8. The lowest BCUT2D eigenvalue weighted by molar-refractivity contribution is 0.0791. The van der Waals surface area contributed by atoms with Crippen molar-refractivity contribution in [1.82, 2.24) is 19.8 Å². The molecule has 0 saturated carbocycles. The van der Waals surface area contributed by atoms with Crippen LogP contribution in [0, 0.1) is 11.3 Å². The van der Waals surface area contributed by atoms with Crippen molar-refractivity contribution in [3.63, 3.8) is 0 Å². The lowest BCUT2D eigenvalue weighted by Gasteiger charge is -2.18. The molecule has 0 bridgehead atoms. The summed E-state index contributed by atoms with van der Waals surface area (Å²) >= 11 is 0. The molecule has 1 aromatic carbocycles. The van der Waals surface area contributed by atoms with Crippen LogP contribution in [0.15, 0.2) is 30.6 Å². The van der Waals surface area contributed by atoms with Gasteiger partial charge in [-0.1, -0.05) is 0 Å². The standard InChI is InChI=1S/C20H25N7O2/c1-26(2)7-8-29-18-9-15(3-4-17(18)22)19(28)27-6-5-16(13-27)25-20-23-11-14(10-21)12-24-20/h3-4,9,11-12,16H,5-8,13,22H2,1-2H3,(H,23,24,25)/t16-/m1/s1. The Hall–Kier alpha value is -3.38. The first-order chi connectivity index (χ1) is 14.0. The van der Waals surface area contributed by atoms with Gasteiger partial charge in [0.1, 0.15) is 18.4 Å². The van der Waals surface area contributed by atoms with Gasteiger partial charge >= 0.3 is 0 Å². The van der Waals surface area contributed by atoms with E-state index < -0.39 is 0 Å². The number of nitrogens with one attached hydrogen (secondary N) is 1. The molecule has 1 aromatic heterocycles. The molecule has 9 heteroatoms. The third kappa shape index (κ3) is 5.33. The summed E-state index contributed by atoms with van der Waals surface area (Å²) in [7, 11) is 3.93. The number of rotatable bonds is 7. The van der Waals surface area contributed by atoms with Gasteiger partial charge in [0.05, 0.1) is 23.6 Å². The molecule has 0 aliphatic carbocycles. The minimum atomic E-state index is -0.0625. The molecule has 1 saturated heterocycles. The van der Waals surface area contributed by atoms with Crippen molar-refractivity contribution in [1.29, 1.82) is 5.26 Å². The summed E-state index contributed by atoms with van der Waals surface area (Å²) in [6.45, 7) is 2.43. The number of anilines is 2. The number of ether oxygens (including phenoxy) is 1. The summed E-state index contributed by atoms with van der Waals surface area (Å²) in [5, 5.41) is 12.0.